The van der Waals surface area contributed by atoms with E-state index < -0.39 is 0 Å². The quantitative estimate of drug-likeness (QED) is 0.915. The molecule has 0 aliphatic carbocycles. The maximum absolute atomic E-state index is 12.0. The molecule has 0 radical (unpaired) electrons. The summed E-state index contributed by atoms with van der Waals surface area (Å²) in [5.74, 6) is 0.721. The van der Waals surface area contributed by atoms with E-state index in [1.165, 1.54) is 0 Å². The van der Waals surface area contributed by atoms with Gasteiger partial charge in [-0.25, -0.2) is 0 Å². The molecule has 18 heavy (non-hydrogen) atoms. The summed E-state index contributed by atoms with van der Waals surface area (Å²) in [7, 11) is 1.82. The SMILES string of the molecule is CC(C)c1cc(NC(=O)c2cc(Br)cn2C)n[nH]1. The lowest BCUT2D eigenvalue weighted by molar-refractivity contribution is 0.101. The van der Waals surface area contributed by atoms with Crippen LogP contribution in [0.3, 0.4) is 0 Å². The van der Waals surface area contributed by atoms with Crippen molar-refractivity contribution in [2.24, 2.45) is 7.05 Å². The standard InChI is InChI=1S/C12H15BrN4O/c1-7(2)9-5-11(16-15-9)14-12(18)10-4-8(13)6-17(10)3/h4-7H,1-3H3,(H2,14,15,16,18). The minimum absolute atomic E-state index is 0.176. The minimum Gasteiger partial charge on any atom is -0.345 e. The lowest BCUT2D eigenvalue weighted by Crippen LogP contribution is -2.15. The maximum atomic E-state index is 12.0. The minimum atomic E-state index is -0.176. The van der Waals surface area contributed by atoms with Gasteiger partial charge in [0.05, 0.1) is 0 Å². The third kappa shape index (κ3) is 2.64. The van der Waals surface area contributed by atoms with Crippen LogP contribution in [0.15, 0.2) is 22.8 Å². The molecule has 2 aromatic rings. The van der Waals surface area contributed by atoms with Crippen molar-refractivity contribution in [1.29, 1.82) is 0 Å². The number of amides is 1. The highest BCUT2D eigenvalue weighted by Crippen LogP contribution is 2.17. The summed E-state index contributed by atoms with van der Waals surface area (Å²) in [4.78, 5) is 12.0. The first kappa shape index (κ1) is 12.9. The normalized spacial score (nSPS) is 10.9. The molecule has 0 fully saturated rings. The van der Waals surface area contributed by atoms with Gasteiger partial charge in [-0.05, 0) is 27.9 Å². The number of aryl methyl sites for hydroxylation is 1. The highest BCUT2D eigenvalue weighted by Gasteiger charge is 2.13. The van der Waals surface area contributed by atoms with Gasteiger partial charge in [-0.15, -0.1) is 0 Å². The van der Waals surface area contributed by atoms with Crippen LogP contribution in [-0.4, -0.2) is 20.7 Å². The van der Waals surface area contributed by atoms with Gasteiger partial charge in [0.15, 0.2) is 5.82 Å². The van der Waals surface area contributed by atoms with Crippen molar-refractivity contribution in [3.63, 3.8) is 0 Å². The summed E-state index contributed by atoms with van der Waals surface area (Å²) in [5, 5.41) is 9.73. The fraction of sp³-hybridized carbons (Fsp3) is 0.333. The first-order chi connectivity index (χ1) is 8.47. The third-order valence-corrected chi connectivity index (χ3v) is 3.10. The number of nitrogens with one attached hydrogen (secondary N) is 2. The van der Waals surface area contributed by atoms with E-state index in [-0.39, 0.29) is 5.91 Å². The molecular formula is C12H15BrN4O. The van der Waals surface area contributed by atoms with Gasteiger partial charge in [-0.2, -0.15) is 5.10 Å². The molecule has 96 valence electrons. The fourth-order valence-corrected chi connectivity index (χ4v) is 2.15. The van der Waals surface area contributed by atoms with Crippen LogP contribution in [0, 0.1) is 0 Å². The Morgan fingerprint density at radius 3 is 2.72 bits per heavy atom. The molecule has 0 bridgehead atoms. The molecule has 0 aliphatic rings. The van der Waals surface area contributed by atoms with Crippen molar-refractivity contribution in [1.82, 2.24) is 14.8 Å². The number of aromatic amines is 1. The average molecular weight is 311 g/mol. The number of aromatic nitrogens is 3. The summed E-state index contributed by atoms with van der Waals surface area (Å²) >= 11 is 3.34. The molecule has 0 aromatic carbocycles. The van der Waals surface area contributed by atoms with Crippen molar-refractivity contribution in [3.05, 3.63) is 34.2 Å². The fourth-order valence-electron chi connectivity index (χ4n) is 1.63. The van der Waals surface area contributed by atoms with E-state index in [0.29, 0.717) is 17.4 Å². The Morgan fingerprint density at radius 2 is 2.22 bits per heavy atom. The zero-order valence-electron chi connectivity index (χ0n) is 10.5. The number of rotatable bonds is 3. The molecule has 0 saturated heterocycles. The number of nitrogens with zero attached hydrogens (tertiary/aromatic N) is 2. The van der Waals surface area contributed by atoms with Crippen LogP contribution in [0.2, 0.25) is 0 Å². The van der Waals surface area contributed by atoms with Crippen LogP contribution in [0.25, 0.3) is 0 Å². The number of anilines is 1. The van der Waals surface area contributed by atoms with Crippen LogP contribution in [-0.2, 0) is 7.05 Å². The Bertz CT molecular complexity index is 570. The van der Waals surface area contributed by atoms with Crippen molar-refractivity contribution in [2.75, 3.05) is 5.32 Å². The number of carbonyl (C=O) groups excluding carboxylic acids is 1. The summed E-state index contributed by atoms with van der Waals surface area (Å²) in [6.07, 6.45) is 1.83. The first-order valence-electron chi connectivity index (χ1n) is 5.66. The molecule has 0 spiro atoms. The van der Waals surface area contributed by atoms with E-state index in [9.17, 15) is 4.79 Å². The van der Waals surface area contributed by atoms with Gasteiger partial charge >= 0.3 is 0 Å². The van der Waals surface area contributed by atoms with Gasteiger partial charge in [0.2, 0.25) is 0 Å². The smallest absolute Gasteiger partial charge is 0.273 e. The molecule has 2 rings (SSSR count). The number of hydrogen-bond acceptors (Lipinski definition) is 2. The van der Waals surface area contributed by atoms with Gasteiger partial charge in [0, 0.05) is 29.5 Å². The van der Waals surface area contributed by atoms with Crippen LogP contribution in [0.5, 0.6) is 0 Å². The molecule has 0 saturated carbocycles. The van der Waals surface area contributed by atoms with E-state index in [1.807, 2.05) is 19.3 Å². The van der Waals surface area contributed by atoms with Gasteiger partial charge < -0.3 is 9.88 Å². The number of H-pyrrole nitrogens is 1. The van der Waals surface area contributed by atoms with Gasteiger partial charge in [0.1, 0.15) is 5.69 Å². The Kier molecular flexibility index (Phi) is 3.56. The maximum Gasteiger partial charge on any atom is 0.273 e. The van der Waals surface area contributed by atoms with E-state index in [2.05, 4.69) is 45.3 Å². The van der Waals surface area contributed by atoms with Crippen LogP contribution >= 0.6 is 15.9 Å². The Morgan fingerprint density at radius 1 is 1.50 bits per heavy atom. The average Bonchev–Trinajstić information content (AvgIpc) is 2.85. The predicted octanol–water partition coefficient (Wildman–Crippen LogP) is 2.89. The first-order valence-corrected chi connectivity index (χ1v) is 6.45. The topological polar surface area (TPSA) is 62.7 Å². The zero-order valence-corrected chi connectivity index (χ0v) is 12.1. The van der Waals surface area contributed by atoms with Crippen molar-refractivity contribution in [2.45, 2.75) is 19.8 Å². The van der Waals surface area contributed by atoms with E-state index >= 15 is 0 Å². The Labute approximate surface area is 114 Å². The van der Waals surface area contributed by atoms with Crippen LogP contribution in [0.1, 0.15) is 35.9 Å². The largest absolute Gasteiger partial charge is 0.345 e. The summed E-state index contributed by atoms with van der Waals surface area (Å²) < 4.78 is 2.63. The molecule has 6 heteroatoms. The van der Waals surface area contributed by atoms with E-state index in [4.69, 9.17) is 0 Å². The highest BCUT2D eigenvalue weighted by molar-refractivity contribution is 9.10. The molecule has 1 amide bonds. The zero-order chi connectivity index (χ0) is 13.3. The second-order valence-corrected chi connectivity index (χ2v) is 5.39. The highest BCUT2D eigenvalue weighted by atomic mass is 79.9. The number of halogens is 1. The van der Waals surface area contributed by atoms with Crippen LogP contribution in [0.4, 0.5) is 5.82 Å². The van der Waals surface area contributed by atoms with E-state index in [1.54, 1.807) is 10.6 Å². The second kappa shape index (κ2) is 4.97. The summed E-state index contributed by atoms with van der Waals surface area (Å²) in [5.41, 5.74) is 1.58. The van der Waals surface area contributed by atoms with E-state index in [0.717, 1.165) is 10.2 Å². The number of carbonyl (C=O) groups is 1. The number of hydrogen-bond donors (Lipinski definition) is 2. The molecule has 5 nitrogen and oxygen atoms in total. The molecule has 0 unspecified atom stereocenters. The van der Waals surface area contributed by atoms with Gasteiger partial charge in [-0.1, -0.05) is 13.8 Å². The Balaban J connectivity index is 2.13. The molecule has 0 atom stereocenters. The lowest BCUT2D eigenvalue weighted by atomic mass is 10.1. The van der Waals surface area contributed by atoms with Gasteiger partial charge in [-0.3, -0.25) is 9.89 Å². The van der Waals surface area contributed by atoms with Crippen molar-refractivity contribution in [3.8, 4) is 0 Å². The second-order valence-electron chi connectivity index (χ2n) is 4.47. The monoisotopic (exact) mass is 310 g/mol. The van der Waals surface area contributed by atoms with Crippen molar-refractivity contribution >= 4 is 27.7 Å². The lowest BCUT2D eigenvalue weighted by Gasteiger charge is -2.02. The van der Waals surface area contributed by atoms with Crippen molar-refractivity contribution < 1.29 is 4.79 Å². The molecule has 2 heterocycles. The van der Waals surface area contributed by atoms with Gasteiger partial charge in [0.25, 0.3) is 5.91 Å². The molecule has 2 N–H and O–H groups in total. The molecular weight excluding hydrogens is 296 g/mol. The van der Waals surface area contributed by atoms with Crippen LogP contribution < -0.4 is 5.32 Å². The third-order valence-electron chi connectivity index (χ3n) is 2.67. The summed E-state index contributed by atoms with van der Waals surface area (Å²) in [6, 6.07) is 3.62. The molecule has 2 aromatic heterocycles. The summed E-state index contributed by atoms with van der Waals surface area (Å²) in [6.45, 7) is 4.13. The molecule has 0 aliphatic heterocycles. The predicted molar refractivity (Wildman–Crippen MR) is 73.7 cm³/mol. The Hall–Kier alpha value is -1.56.